The van der Waals surface area contributed by atoms with Crippen molar-refractivity contribution in [1.82, 2.24) is 24.5 Å². The zero-order valence-electron chi connectivity index (χ0n) is 19.7. The van der Waals surface area contributed by atoms with Crippen molar-refractivity contribution < 1.29 is 4.79 Å². The number of hydrogen-bond donors (Lipinski definition) is 2. The van der Waals surface area contributed by atoms with Crippen LogP contribution in [-0.4, -0.2) is 77.4 Å². The summed E-state index contributed by atoms with van der Waals surface area (Å²) in [6, 6.07) is 11.7. The minimum atomic E-state index is 0.0439. The molecule has 8 heteroatoms. The van der Waals surface area contributed by atoms with Gasteiger partial charge in [-0.15, -0.1) is 0 Å². The average molecular weight is 461 g/mol. The summed E-state index contributed by atoms with van der Waals surface area (Å²) in [4.78, 5) is 33.8. The molecule has 1 aliphatic rings. The van der Waals surface area contributed by atoms with E-state index in [0.717, 1.165) is 98.2 Å². The van der Waals surface area contributed by atoms with Crippen LogP contribution in [0.5, 0.6) is 0 Å². The predicted octanol–water partition coefficient (Wildman–Crippen LogP) is 2.38. The molecule has 2 aromatic carbocycles. The van der Waals surface area contributed by atoms with E-state index in [9.17, 15) is 9.59 Å². The summed E-state index contributed by atoms with van der Waals surface area (Å²) in [6.07, 6.45) is 3.82. The number of fused-ring (bicyclic) bond motifs is 2. The molecule has 2 N–H and O–H groups in total. The molecule has 2 aromatic heterocycles. The number of amides is 1. The fourth-order valence-electron chi connectivity index (χ4n) is 5.01. The molecular weight excluding hydrogens is 428 g/mol. The second kappa shape index (κ2) is 9.95. The highest BCUT2D eigenvalue weighted by atomic mass is 16.1. The lowest BCUT2D eigenvalue weighted by Crippen LogP contribution is -2.47. The molecule has 1 saturated heterocycles. The lowest BCUT2D eigenvalue weighted by molar-refractivity contribution is -0.118. The van der Waals surface area contributed by atoms with Gasteiger partial charge in [0.1, 0.15) is 6.33 Å². The summed E-state index contributed by atoms with van der Waals surface area (Å²) < 4.78 is 2.03. The fraction of sp³-hybridized carbons (Fsp3) is 0.423. The normalized spacial score (nSPS) is 15.4. The molecule has 1 amide bonds. The molecule has 3 heterocycles. The van der Waals surface area contributed by atoms with Crippen LogP contribution in [0.15, 0.2) is 47.5 Å². The van der Waals surface area contributed by atoms with Gasteiger partial charge in [-0.05, 0) is 50.2 Å². The molecule has 1 fully saturated rings. The lowest BCUT2D eigenvalue weighted by Gasteiger charge is -2.34. The first-order valence-corrected chi connectivity index (χ1v) is 12.2. The number of hydrogen-bond acceptors (Lipinski definition) is 6. The summed E-state index contributed by atoms with van der Waals surface area (Å²) in [5.41, 5.74) is 3.58. The maximum absolute atomic E-state index is 13.3. The zero-order valence-corrected chi connectivity index (χ0v) is 19.7. The van der Waals surface area contributed by atoms with Gasteiger partial charge in [-0.1, -0.05) is 12.1 Å². The van der Waals surface area contributed by atoms with E-state index in [4.69, 9.17) is 0 Å². The summed E-state index contributed by atoms with van der Waals surface area (Å²) in [5.74, 6) is 0.0439. The molecule has 0 spiro atoms. The van der Waals surface area contributed by atoms with E-state index in [2.05, 4.69) is 25.4 Å². The molecule has 0 saturated carbocycles. The summed E-state index contributed by atoms with van der Waals surface area (Å²) in [6.45, 7) is 9.51. The quantitative estimate of drug-likeness (QED) is 0.295. The minimum Gasteiger partial charge on any atom is -0.384 e. The Morgan fingerprint density at radius 2 is 1.68 bits per heavy atom. The molecule has 0 atom stereocenters. The summed E-state index contributed by atoms with van der Waals surface area (Å²) in [5, 5.41) is 7.83. The Morgan fingerprint density at radius 3 is 2.41 bits per heavy atom. The number of carbonyl (C=O) groups excluding carboxylic acids is 1. The fourth-order valence-corrected chi connectivity index (χ4v) is 5.01. The first kappa shape index (κ1) is 22.6. The van der Waals surface area contributed by atoms with Gasteiger partial charge in [-0.3, -0.25) is 14.0 Å². The van der Waals surface area contributed by atoms with Crippen LogP contribution in [-0.2, 0) is 4.79 Å². The Labute approximate surface area is 198 Å². The molecule has 34 heavy (non-hydrogen) atoms. The first-order chi connectivity index (χ1) is 16.6. The SMILES string of the molecule is CC(=O)NCCCN1CCN(CCCNc2ccc3ncn4c5ccccc5c(=O)c2c34)CC1. The smallest absolute Gasteiger partial charge is 0.216 e. The second-order valence-electron chi connectivity index (χ2n) is 9.12. The molecular formula is C26H32N6O2. The standard InChI is InChI=1S/C26H32N6O2/c1-19(33)27-10-4-12-30-14-16-31(17-15-30)13-5-11-28-21-8-9-22-25-24(21)26(34)20-6-2-3-7-23(20)32(25)18-29-22/h2-3,6-9,18,28H,4-5,10-17H2,1H3,(H,27,33). The van der Waals surface area contributed by atoms with Gasteiger partial charge in [0, 0.05) is 57.3 Å². The number of piperazine rings is 1. The highest BCUT2D eigenvalue weighted by molar-refractivity contribution is 6.06. The van der Waals surface area contributed by atoms with Crippen LogP contribution in [0.25, 0.3) is 27.3 Å². The first-order valence-electron chi connectivity index (χ1n) is 12.2. The zero-order chi connectivity index (χ0) is 23.5. The van der Waals surface area contributed by atoms with E-state index in [1.54, 1.807) is 6.92 Å². The van der Waals surface area contributed by atoms with Crippen LogP contribution in [0, 0.1) is 0 Å². The Balaban J connectivity index is 1.16. The molecule has 4 aromatic rings. The topological polar surface area (TPSA) is 82.0 Å². The average Bonchev–Trinajstić information content (AvgIpc) is 3.28. The van der Waals surface area contributed by atoms with Crippen LogP contribution < -0.4 is 16.1 Å². The van der Waals surface area contributed by atoms with Crippen molar-refractivity contribution in [2.24, 2.45) is 0 Å². The van der Waals surface area contributed by atoms with Crippen molar-refractivity contribution in [3.05, 3.63) is 52.9 Å². The van der Waals surface area contributed by atoms with Gasteiger partial charge in [-0.2, -0.15) is 0 Å². The predicted molar refractivity (Wildman–Crippen MR) is 137 cm³/mol. The third kappa shape index (κ3) is 4.56. The molecule has 0 radical (unpaired) electrons. The molecule has 0 bridgehead atoms. The number of para-hydroxylation sites is 1. The van der Waals surface area contributed by atoms with Crippen molar-refractivity contribution in [2.45, 2.75) is 19.8 Å². The molecule has 1 aliphatic heterocycles. The van der Waals surface area contributed by atoms with Crippen molar-refractivity contribution in [3.63, 3.8) is 0 Å². The van der Waals surface area contributed by atoms with Crippen molar-refractivity contribution >= 4 is 38.9 Å². The van der Waals surface area contributed by atoms with Crippen LogP contribution in [0.4, 0.5) is 5.69 Å². The van der Waals surface area contributed by atoms with E-state index in [1.807, 2.05) is 47.1 Å². The number of rotatable bonds is 9. The Hall–Kier alpha value is -3.23. The highest BCUT2D eigenvalue weighted by Crippen LogP contribution is 2.28. The lowest BCUT2D eigenvalue weighted by atomic mass is 10.1. The van der Waals surface area contributed by atoms with Gasteiger partial charge < -0.3 is 20.4 Å². The number of nitrogens with zero attached hydrogens (tertiary/aromatic N) is 4. The van der Waals surface area contributed by atoms with Gasteiger partial charge in [0.15, 0.2) is 5.43 Å². The van der Waals surface area contributed by atoms with Crippen molar-refractivity contribution in [2.75, 3.05) is 57.7 Å². The summed E-state index contributed by atoms with van der Waals surface area (Å²) in [7, 11) is 0. The van der Waals surface area contributed by atoms with Gasteiger partial charge in [0.25, 0.3) is 0 Å². The van der Waals surface area contributed by atoms with Gasteiger partial charge in [-0.25, -0.2) is 4.98 Å². The monoisotopic (exact) mass is 460 g/mol. The number of aromatic nitrogens is 2. The Kier molecular flexibility index (Phi) is 6.60. The molecule has 8 nitrogen and oxygen atoms in total. The number of carbonyl (C=O) groups is 1. The molecule has 0 aliphatic carbocycles. The number of anilines is 1. The number of nitrogens with one attached hydrogen (secondary N) is 2. The Bertz CT molecular complexity index is 1340. The third-order valence-electron chi connectivity index (χ3n) is 6.80. The van der Waals surface area contributed by atoms with E-state index in [1.165, 1.54) is 0 Å². The van der Waals surface area contributed by atoms with E-state index < -0.39 is 0 Å². The maximum Gasteiger partial charge on any atom is 0.216 e. The maximum atomic E-state index is 13.3. The van der Waals surface area contributed by atoms with Gasteiger partial charge >= 0.3 is 0 Å². The van der Waals surface area contributed by atoms with Crippen LogP contribution >= 0.6 is 0 Å². The minimum absolute atomic E-state index is 0.0439. The molecule has 5 rings (SSSR count). The van der Waals surface area contributed by atoms with Crippen LogP contribution in [0.3, 0.4) is 0 Å². The van der Waals surface area contributed by atoms with E-state index in [-0.39, 0.29) is 11.3 Å². The number of imidazole rings is 1. The van der Waals surface area contributed by atoms with Crippen LogP contribution in [0.1, 0.15) is 19.8 Å². The number of pyridine rings is 1. The van der Waals surface area contributed by atoms with E-state index in [0.29, 0.717) is 0 Å². The van der Waals surface area contributed by atoms with Crippen LogP contribution in [0.2, 0.25) is 0 Å². The molecule has 178 valence electrons. The Morgan fingerprint density at radius 1 is 0.971 bits per heavy atom. The second-order valence-corrected chi connectivity index (χ2v) is 9.12. The third-order valence-corrected chi connectivity index (χ3v) is 6.80. The van der Waals surface area contributed by atoms with Gasteiger partial charge in [0.2, 0.25) is 5.91 Å². The largest absolute Gasteiger partial charge is 0.384 e. The highest BCUT2D eigenvalue weighted by Gasteiger charge is 2.17. The molecule has 0 unspecified atom stereocenters. The van der Waals surface area contributed by atoms with Crippen molar-refractivity contribution in [1.29, 1.82) is 0 Å². The van der Waals surface area contributed by atoms with Gasteiger partial charge in [0.05, 0.1) is 21.9 Å². The van der Waals surface area contributed by atoms with Crippen molar-refractivity contribution in [3.8, 4) is 0 Å². The summed E-state index contributed by atoms with van der Waals surface area (Å²) >= 11 is 0. The van der Waals surface area contributed by atoms with E-state index >= 15 is 0 Å². The number of benzene rings is 2.